The Balaban J connectivity index is 1.52. The molecule has 0 bridgehead atoms. The largest absolute Gasteiger partial charge is 0.497 e. The lowest BCUT2D eigenvalue weighted by Crippen LogP contribution is -2.55. The second kappa shape index (κ2) is 14.8. The maximum Gasteiger partial charge on any atom is 0.238 e. The highest BCUT2D eigenvalue weighted by Crippen LogP contribution is 2.38. The van der Waals surface area contributed by atoms with Gasteiger partial charge in [-0.05, 0) is 62.0 Å². The summed E-state index contributed by atoms with van der Waals surface area (Å²) in [6.45, 7) is 4.01. The number of Topliss-reactive ketones (excluding diaryl/α,β-unsaturated/α-hetero) is 1. The van der Waals surface area contributed by atoms with E-state index < -0.39 is 27.4 Å². The van der Waals surface area contributed by atoms with Crippen LogP contribution in [0.3, 0.4) is 0 Å². The number of methoxy groups -OCH3 is 1. The lowest BCUT2D eigenvalue weighted by molar-refractivity contribution is -0.126. The highest BCUT2D eigenvalue weighted by Gasteiger charge is 2.42. The van der Waals surface area contributed by atoms with Gasteiger partial charge in [0.1, 0.15) is 17.6 Å². The quantitative estimate of drug-likeness (QED) is 0.241. The molecule has 1 aliphatic rings. The SMILES string of the molecule is CCCC(=O)C1(c2ccccc2)CCN(CC(Cc2ccc(OC)cc2)NC(=O)C(Cc2cnc[nH]2)NS(C)(=O)=O)CC1. The molecular formula is C32H43N5O5S. The zero-order valence-electron chi connectivity index (χ0n) is 25.2. The zero-order chi connectivity index (χ0) is 30.9. The summed E-state index contributed by atoms with van der Waals surface area (Å²) in [5, 5.41) is 3.13. The van der Waals surface area contributed by atoms with Gasteiger partial charge in [0, 0.05) is 37.3 Å². The Bertz CT molecular complexity index is 1420. The number of aromatic nitrogens is 2. The molecule has 232 valence electrons. The molecule has 1 aromatic heterocycles. The van der Waals surface area contributed by atoms with Crippen LogP contribution in [0, 0.1) is 0 Å². The number of amides is 1. The third-order valence-electron chi connectivity index (χ3n) is 8.16. The number of ketones is 1. The molecule has 43 heavy (non-hydrogen) atoms. The first-order chi connectivity index (χ1) is 20.6. The summed E-state index contributed by atoms with van der Waals surface area (Å²) in [6.07, 6.45) is 7.57. The van der Waals surface area contributed by atoms with E-state index in [-0.39, 0.29) is 18.2 Å². The van der Waals surface area contributed by atoms with E-state index in [0.717, 1.165) is 29.6 Å². The number of H-pyrrole nitrogens is 1. The summed E-state index contributed by atoms with van der Waals surface area (Å²) in [7, 11) is -2.04. The Hall–Kier alpha value is -3.54. The van der Waals surface area contributed by atoms with Gasteiger partial charge in [-0.3, -0.25) is 9.59 Å². The summed E-state index contributed by atoms with van der Waals surface area (Å²) in [6, 6.07) is 16.5. The predicted octanol–water partition coefficient (Wildman–Crippen LogP) is 3.01. The lowest BCUT2D eigenvalue weighted by Gasteiger charge is -2.42. The highest BCUT2D eigenvalue weighted by atomic mass is 32.2. The molecule has 0 saturated carbocycles. The van der Waals surface area contributed by atoms with Crippen molar-refractivity contribution in [1.29, 1.82) is 0 Å². The number of likely N-dealkylation sites (tertiary alicyclic amines) is 1. The van der Waals surface area contributed by atoms with Crippen molar-refractivity contribution in [2.45, 2.75) is 62.9 Å². The summed E-state index contributed by atoms with van der Waals surface area (Å²) in [5.74, 6) is 0.621. The summed E-state index contributed by atoms with van der Waals surface area (Å²) < 4.78 is 32.1. The number of carbonyl (C=O) groups is 2. The Labute approximate surface area is 254 Å². The minimum absolute atomic E-state index is 0.136. The van der Waals surface area contributed by atoms with Crippen LogP contribution < -0.4 is 14.8 Å². The second-order valence-electron chi connectivity index (χ2n) is 11.4. The maximum atomic E-state index is 13.6. The third kappa shape index (κ3) is 8.98. The standard InChI is InChI=1S/C32H43N5O5S/c1-4-8-30(38)32(25-9-6-5-7-10-25)15-17-37(18-16-32)22-27(19-24-11-13-28(42-2)14-12-24)35-31(39)29(36-43(3,40)41)20-26-21-33-23-34-26/h5-7,9-14,21,23,27,29,36H,4,8,15-20,22H2,1-3H3,(H,33,34)(H,35,39). The maximum absolute atomic E-state index is 13.6. The molecule has 0 aliphatic carbocycles. The molecule has 2 heterocycles. The number of aromatic amines is 1. The van der Waals surface area contributed by atoms with Gasteiger partial charge < -0.3 is 19.9 Å². The number of piperidine rings is 1. The Morgan fingerprint density at radius 2 is 1.77 bits per heavy atom. The fourth-order valence-corrected chi connectivity index (χ4v) is 6.66. The van der Waals surface area contributed by atoms with Crippen molar-refractivity contribution < 1.29 is 22.7 Å². The van der Waals surface area contributed by atoms with Gasteiger partial charge in [0.15, 0.2) is 0 Å². The molecule has 3 N–H and O–H groups in total. The van der Waals surface area contributed by atoms with E-state index in [1.54, 1.807) is 13.3 Å². The van der Waals surface area contributed by atoms with Crippen LogP contribution in [0.1, 0.15) is 49.4 Å². The molecule has 2 aromatic carbocycles. The number of sulfonamides is 1. The topological polar surface area (TPSA) is 133 Å². The molecule has 3 aromatic rings. The van der Waals surface area contributed by atoms with Crippen molar-refractivity contribution in [3.8, 4) is 5.75 Å². The Kier molecular flexibility index (Phi) is 11.1. The van der Waals surface area contributed by atoms with Crippen molar-refractivity contribution in [2.24, 2.45) is 0 Å². The van der Waals surface area contributed by atoms with E-state index in [1.165, 1.54) is 6.33 Å². The van der Waals surface area contributed by atoms with Gasteiger partial charge >= 0.3 is 0 Å². The smallest absolute Gasteiger partial charge is 0.238 e. The average Bonchev–Trinajstić information content (AvgIpc) is 3.51. The fraction of sp³-hybridized carbons (Fsp3) is 0.469. The molecule has 2 unspecified atom stereocenters. The van der Waals surface area contributed by atoms with E-state index in [4.69, 9.17) is 4.74 Å². The molecule has 11 heteroatoms. The number of carbonyl (C=O) groups excluding carboxylic acids is 2. The van der Waals surface area contributed by atoms with E-state index in [2.05, 4.69) is 37.0 Å². The number of imidazole rings is 1. The fourth-order valence-electron chi connectivity index (χ4n) is 5.95. The Morgan fingerprint density at radius 3 is 2.35 bits per heavy atom. The van der Waals surface area contributed by atoms with Crippen LogP contribution in [0.5, 0.6) is 5.75 Å². The van der Waals surface area contributed by atoms with Crippen molar-refractivity contribution in [2.75, 3.05) is 33.0 Å². The number of nitrogens with zero attached hydrogens (tertiary/aromatic N) is 2. The normalized spacial score (nSPS) is 16.7. The van der Waals surface area contributed by atoms with Crippen molar-refractivity contribution in [1.82, 2.24) is 24.9 Å². The van der Waals surface area contributed by atoms with Gasteiger partial charge in [-0.1, -0.05) is 49.4 Å². The first-order valence-electron chi connectivity index (χ1n) is 14.8. The van der Waals surface area contributed by atoms with Crippen LogP contribution in [0.15, 0.2) is 67.1 Å². The van der Waals surface area contributed by atoms with Gasteiger partial charge in [-0.2, -0.15) is 0 Å². The van der Waals surface area contributed by atoms with Crippen LogP contribution in [0.2, 0.25) is 0 Å². The van der Waals surface area contributed by atoms with Crippen LogP contribution >= 0.6 is 0 Å². The van der Waals surface area contributed by atoms with Crippen LogP contribution in [0.25, 0.3) is 0 Å². The number of benzene rings is 2. The molecule has 1 saturated heterocycles. The molecule has 1 amide bonds. The van der Waals surface area contributed by atoms with Gasteiger partial charge in [0.05, 0.1) is 25.1 Å². The van der Waals surface area contributed by atoms with E-state index >= 15 is 0 Å². The number of nitrogens with one attached hydrogen (secondary N) is 3. The monoisotopic (exact) mass is 609 g/mol. The van der Waals surface area contributed by atoms with Crippen molar-refractivity contribution >= 4 is 21.7 Å². The summed E-state index contributed by atoms with van der Waals surface area (Å²) in [5.41, 5.74) is 2.23. The number of hydrogen-bond acceptors (Lipinski definition) is 7. The number of rotatable bonds is 15. The number of hydrogen-bond donors (Lipinski definition) is 3. The Morgan fingerprint density at radius 1 is 1.07 bits per heavy atom. The van der Waals surface area contributed by atoms with E-state index in [0.29, 0.717) is 51.0 Å². The molecule has 4 rings (SSSR count). The molecule has 0 radical (unpaired) electrons. The minimum Gasteiger partial charge on any atom is -0.497 e. The molecule has 0 spiro atoms. The minimum atomic E-state index is -3.65. The van der Waals surface area contributed by atoms with Gasteiger partial charge in [0.25, 0.3) is 0 Å². The zero-order valence-corrected chi connectivity index (χ0v) is 26.0. The molecule has 2 atom stereocenters. The van der Waals surface area contributed by atoms with E-state index in [9.17, 15) is 18.0 Å². The van der Waals surface area contributed by atoms with E-state index in [1.807, 2.05) is 49.4 Å². The van der Waals surface area contributed by atoms with Crippen molar-refractivity contribution in [3.63, 3.8) is 0 Å². The predicted molar refractivity (Wildman–Crippen MR) is 166 cm³/mol. The van der Waals surface area contributed by atoms with Gasteiger partial charge in [-0.15, -0.1) is 0 Å². The summed E-state index contributed by atoms with van der Waals surface area (Å²) >= 11 is 0. The number of ether oxygens (including phenoxy) is 1. The van der Waals surface area contributed by atoms with Gasteiger partial charge in [-0.25, -0.2) is 18.1 Å². The first kappa shape index (κ1) is 32.4. The van der Waals surface area contributed by atoms with Crippen LogP contribution in [-0.2, 0) is 37.9 Å². The first-order valence-corrected chi connectivity index (χ1v) is 16.7. The average molecular weight is 610 g/mol. The molecule has 1 aliphatic heterocycles. The van der Waals surface area contributed by atoms with Crippen LogP contribution in [-0.4, -0.2) is 80.1 Å². The lowest BCUT2D eigenvalue weighted by atomic mass is 9.68. The van der Waals surface area contributed by atoms with Crippen molar-refractivity contribution in [3.05, 3.63) is 83.9 Å². The molecule has 10 nitrogen and oxygen atoms in total. The third-order valence-corrected chi connectivity index (χ3v) is 8.88. The van der Waals surface area contributed by atoms with Crippen LogP contribution in [0.4, 0.5) is 0 Å². The summed E-state index contributed by atoms with van der Waals surface area (Å²) in [4.78, 5) is 36.3. The molecule has 1 fully saturated rings. The van der Waals surface area contributed by atoms with Gasteiger partial charge in [0.2, 0.25) is 15.9 Å². The molecular weight excluding hydrogens is 566 g/mol. The highest BCUT2D eigenvalue weighted by molar-refractivity contribution is 7.88. The second-order valence-corrected chi connectivity index (χ2v) is 13.2.